The molecule has 2 heterocycles. The molecule has 2 bridgehead atoms. The summed E-state index contributed by atoms with van der Waals surface area (Å²) in [6.45, 7) is 0. The first kappa shape index (κ1) is 12.8. The lowest BCUT2D eigenvalue weighted by Crippen LogP contribution is -2.43. The van der Waals surface area contributed by atoms with Gasteiger partial charge in [0.2, 0.25) is 0 Å². The molecule has 2 atom stereocenters. The quantitative estimate of drug-likeness (QED) is 0.746. The lowest BCUT2D eigenvalue weighted by molar-refractivity contribution is -0.120. The molecule has 0 saturated carbocycles. The number of rotatable bonds is 1. The number of fused-ring (bicyclic) bond motifs is 2. The first-order valence-electron chi connectivity index (χ1n) is 6.01. The summed E-state index contributed by atoms with van der Waals surface area (Å²) < 4.78 is 0.877. The van der Waals surface area contributed by atoms with Gasteiger partial charge in [-0.1, -0.05) is 39.1 Å². The van der Waals surface area contributed by atoms with Crippen LogP contribution in [0.15, 0.2) is 16.6 Å². The van der Waals surface area contributed by atoms with Gasteiger partial charge in [0.25, 0.3) is 0 Å². The molecule has 2 aliphatic heterocycles. The van der Waals surface area contributed by atoms with Crippen molar-refractivity contribution in [2.24, 2.45) is 0 Å². The van der Waals surface area contributed by atoms with E-state index in [1.54, 1.807) is 0 Å². The fraction of sp³-hybridized carbons (Fsp3) is 0.462. The SMILES string of the molecule is O=C1CC2CCC(C1)N2c1c(Cl)cc(Br)cc1Cl. The molecule has 2 nitrogen and oxygen atoms in total. The predicted molar refractivity (Wildman–Crippen MR) is 77.7 cm³/mol. The van der Waals surface area contributed by atoms with Crippen molar-refractivity contribution in [2.45, 2.75) is 37.8 Å². The highest BCUT2D eigenvalue weighted by Crippen LogP contribution is 2.45. The van der Waals surface area contributed by atoms with E-state index in [1.165, 1.54) is 0 Å². The molecule has 2 fully saturated rings. The lowest BCUT2D eigenvalue weighted by Gasteiger charge is -2.37. The lowest BCUT2D eigenvalue weighted by atomic mass is 10.0. The third kappa shape index (κ3) is 2.06. The molecule has 1 aromatic rings. The maximum Gasteiger partial charge on any atom is 0.137 e. The maximum absolute atomic E-state index is 11.6. The van der Waals surface area contributed by atoms with Crippen LogP contribution in [0.25, 0.3) is 0 Å². The number of Topliss-reactive ketones (excluding diaryl/α,β-unsaturated/α-hetero) is 1. The van der Waals surface area contributed by atoms with Gasteiger partial charge in [0.15, 0.2) is 0 Å². The van der Waals surface area contributed by atoms with Gasteiger partial charge < -0.3 is 4.90 Å². The number of ketones is 1. The van der Waals surface area contributed by atoms with E-state index in [0.29, 0.717) is 28.7 Å². The van der Waals surface area contributed by atoms with Gasteiger partial charge in [0.1, 0.15) is 5.78 Å². The van der Waals surface area contributed by atoms with Crippen molar-refractivity contribution in [3.63, 3.8) is 0 Å². The second-order valence-electron chi connectivity index (χ2n) is 4.96. The number of piperidine rings is 1. The minimum absolute atomic E-state index is 0.271. The molecule has 0 spiro atoms. The molecule has 0 radical (unpaired) electrons. The Kier molecular flexibility index (Phi) is 3.33. The fourth-order valence-corrected chi connectivity index (χ4v) is 4.52. The number of hydrogen-bond acceptors (Lipinski definition) is 2. The summed E-state index contributed by atoms with van der Waals surface area (Å²) >= 11 is 16.0. The zero-order valence-electron chi connectivity index (χ0n) is 9.63. The normalized spacial score (nSPS) is 26.8. The Morgan fingerprint density at radius 1 is 1.11 bits per heavy atom. The molecular weight excluding hydrogens is 337 g/mol. The molecule has 0 amide bonds. The van der Waals surface area contributed by atoms with E-state index in [0.717, 1.165) is 23.0 Å². The van der Waals surface area contributed by atoms with Gasteiger partial charge in [-0.3, -0.25) is 4.79 Å². The Balaban J connectivity index is 2.04. The largest absolute Gasteiger partial charge is 0.362 e. The van der Waals surface area contributed by atoms with Crippen LogP contribution in [0.5, 0.6) is 0 Å². The highest BCUT2D eigenvalue weighted by atomic mass is 79.9. The molecule has 2 aliphatic rings. The maximum atomic E-state index is 11.6. The van der Waals surface area contributed by atoms with Crippen LogP contribution in [-0.2, 0) is 4.79 Å². The molecule has 18 heavy (non-hydrogen) atoms. The van der Waals surface area contributed by atoms with E-state index in [9.17, 15) is 4.79 Å². The zero-order chi connectivity index (χ0) is 12.9. The number of carbonyl (C=O) groups is 1. The van der Waals surface area contributed by atoms with Crippen molar-refractivity contribution >= 4 is 50.6 Å². The Morgan fingerprint density at radius 3 is 2.11 bits per heavy atom. The van der Waals surface area contributed by atoms with Crippen LogP contribution in [0.4, 0.5) is 5.69 Å². The Morgan fingerprint density at radius 2 is 1.61 bits per heavy atom. The summed E-state index contributed by atoms with van der Waals surface area (Å²) in [6, 6.07) is 4.26. The topological polar surface area (TPSA) is 20.3 Å². The smallest absolute Gasteiger partial charge is 0.137 e. The fourth-order valence-electron chi connectivity index (χ4n) is 3.12. The van der Waals surface area contributed by atoms with E-state index >= 15 is 0 Å². The average molecular weight is 349 g/mol. The summed E-state index contributed by atoms with van der Waals surface area (Å²) in [5.41, 5.74) is 0.890. The van der Waals surface area contributed by atoms with Crippen LogP contribution in [0.1, 0.15) is 25.7 Å². The monoisotopic (exact) mass is 347 g/mol. The van der Waals surface area contributed by atoms with Gasteiger partial charge in [-0.2, -0.15) is 0 Å². The highest BCUT2D eigenvalue weighted by molar-refractivity contribution is 9.10. The van der Waals surface area contributed by atoms with Gasteiger partial charge in [0, 0.05) is 29.4 Å². The van der Waals surface area contributed by atoms with Crippen molar-refractivity contribution in [1.82, 2.24) is 0 Å². The molecule has 96 valence electrons. The Hall–Kier alpha value is -0.250. The molecular formula is C13H12BrCl2NO. The van der Waals surface area contributed by atoms with Crippen LogP contribution >= 0.6 is 39.1 Å². The summed E-state index contributed by atoms with van der Waals surface area (Å²) in [4.78, 5) is 13.9. The van der Waals surface area contributed by atoms with E-state index in [2.05, 4.69) is 20.8 Å². The van der Waals surface area contributed by atoms with Gasteiger partial charge in [0.05, 0.1) is 15.7 Å². The van der Waals surface area contributed by atoms with E-state index in [4.69, 9.17) is 23.2 Å². The van der Waals surface area contributed by atoms with E-state index < -0.39 is 0 Å². The summed E-state index contributed by atoms with van der Waals surface area (Å²) in [7, 11) is 0. The third-order valence-corrected chi connectivity index (χ3v) is 4.82. The number of halogens is 3. The molecule has 0 aromatic heterocycles. The predicted octanol–water partition coefficient (Wildman–Crippen LogP) is 4.46. The average Bonchev–Trinajstić information content (AvgIpc) is 2.53. The van der Waals surface area contributed by atoms with Gasteiger partial charge in [-0.05, 0) is 25.0 Å². The molecule has 3 rings (SSSR count). The molecule has 0 N–H and O–H groups in total. The summed E-state index contributed by atoms with van der Waals surface area (Å²) in [5.74, 6) is 0.364. The van der Waals surface area contributed by atoms with Crippen molar-refractivity contribution in [3.8, 4) is 0 Å². The number of hydrogen-bond donors (Lipinski definition) is 0. The number of carbonyl (C=O) groups excluding carboxylic acids is 1. The van der Waals surface area contributed by atoms with Crippen molar-refractivity contribution in [1.29, 1.82) is 0 Å². The van der Waals surface area contributed by atoms with Crippen molar-refractivity contribution < 1.29 is 4.79 Å². The van der Waals surface area contributed by atoms with Crippen LogP contribution in [-0.4, -0.2) is 17.9 Å². The number of benzene rings is 1. The molecule has 0 aliphatic carbocycles. The van der Waals surface area contributed by atoms with Crippen molar-refractivity contribution in [2.75, 3.05) is 4.90 Å². The van der Waals surface area contributed by atoms with Crippen LogP contribution in [0, 0.1) is 0 Å². The molecule has 2 unspecified atom stereocenters. The van der Waals surface area contributed by atoms with Crippen LogP contribution in [0.3, 0.4) is 0 Å². The molecule has 2 saturated heterocycles. The second-order valence-corrected chi connectivity index (χ2v) is 6.69. The summed E-state index contributed by atoms with van der Waals surface area (Å²) in [5, 5.41) is 1.31. The highest BCUT2D eigenvalue weighted by Gasteiger charge is 2.41. The van der Waals surface area contributed by atoms with Crippen LogP contribution in [0.2, 0.25) is 10.0 Å². The Labute approximate surface area is 124 Å². The zero-order valence-corrected chi connectivity index (χ0v) is 12.7. The third-order valence-electron chi connectivity index (χ3n) is 3.79. The molecule has 1 aromatic carbocycles. The number of anilines is 1. The minimum atomic E-state index is 0.271. The standard InChI is InChI=1S/C13H12BrCl2NO/c14-7-3-11(15)13(12(16)4-7)17-8-1-2-9(17)6-10(18)5-8/h3-4,8-9H,1-2,5-6H2. The second kappa shape index (κ2) is 4.69. The molecule has 5 heteroatoms. The first-order chi connectivity index (χ1) is 8.56. The Bertz CT molecular complexity index is 481. The van der Waals surface area contributed by atoms with Crippen LogP contribution < -0.4 is 4.90 Å². The van der Waals surface area contributed by atoms with Gasteiger partial charge >= 0.3 is 0 Å². The van der Waals surface area contributed by atoms with Crippen molar-refractivity contribution in [3.05, 3.63) is 26.7 Å². The number of nitrogens with zero attached hydrogens (tertiary/aromatic N) is 1. The van der Waals surface area contributed by atoms with Gasteiger partial charge in [-0.15, -0.1) is 0 Å². The summed E-state index contributed by atoms with van der Waals surface area (Å²) in [6.07, 6.45) is 3.36. The first-order valence-corrected chi connectivity index (χ1v) is 7.55. The van der Waals surface area contributed by atoms with E-state index in [1.807, 2.05) is 12.1 Å². The minimum Gasteiger partial charge on any atom is -0.362 e. The van der Waals surface area contributed by atoms with E-state index in [-0.39, 0.29) is 12.1 Å². The van der Waals surface area contributed by atoms with Gasteiger partial charge in [-0.25, -0.2) is 0 Å².